The molecule has 1 N–H and O–H groups in total. The van der Waals surface area contributed by atoms with Crippen LogP contribution in [0.25, 0.3) is 0 Å². The summed E-state index contributed by atoms with van der Waals surface area (Å²) in [6.45, 7) is 9.03. The maximum atomic E-state index is 11.7. The van der Waals surface area contributed by atoms with E-state index in [1.807, 2.05) is 27.7 Å². The van der Waals surface area contributed by atoms with E-state index in [9.17, 15) is 4.79 Å². The van der Waals surface area contributed by atoms with Crippen LogP contribution in [0.3, 0.4) is 0 Å². The number of carbonyl (C=O) groups is 1. The molecule has 0 aliphatic heterocycles. The van der Waals surface area contributed by atoms with Gasteiger partial charge in [0.25, 0.3) is 0 Å². The smallest absolute Gasteiger partial charge is 0.341 e. The third kappa shape index (κ3) is 2.50. The third-order valence-electron chi connectivity index (χ3n) is 2.20. The normalized spacial score (nSPS) is 10.1. The molecular formula is C11H17NO2S. The van der Waals surface area contributed by atoms with E-state index < -0.39 is 0 Å². The van der Waals surface area contributed by atoms with Crippen molar-refractivity contribution in [1.82, 2.24) is 0 Å². The molecule has 0 bridgehead atoms. The first-order valence-corrected chi connectivity index (χ1v) is 5.94. The Morgan fingerprint density at radius 1 is 1.40 bits per heavy atom. The monoisotopic (exact) mass is 227 g/mol. The molecule has 0 saturated carbocycles. The van der Waals surface area contributed by atoms with Crippen molar-refractivity contribution in [3.05, 3.63) is 16.0 Å². The Labute approximate surface area is 94.5 Å². The van der Waals surface area contributed by atoms with Crippen LogP contribution >= 0.6 is 11.3 Å². The molecular weight excluding hydrogens is 210 g/mol. The average molecular weight is 227 g/mol. The predicted octanol–water partition coefficient (Wildman–Crippen LogP) is 2.97. The van der Waals surface area contributed by atoms with E-state index in [2.05, 4.69) is 5.32 Å². The van der Waals surface area contributed by atoms with Crippen molar-refractivity contribution in [2.24, 2.45) is 0 Å². The molecule has 0 atom stereocenters. The first kappa shape index (κ1) is 12.0. The lowest BCUT2D eigenvalue weighted by Crippen LogP contribution is -2.08. The van der Waals surface area contributed by atoms with Gasteiger partial charge >= 0.3 is 5.97 Å². The zero-order valence-corrected chi connectivity index (χ0v) is 10.5. The summed E-state index contributed by atoms with van der Waals surface area (Å²) in [6.07, 6.45) is 0. The third-order valence-corrected chi connectivity index (χ3v) is 3.37. The van der Waals surface area contributed by atoms with E-state index in [0.717, 1.165) is 22.0 Å². The van der Waals surface area contributed by atoms with Gasteiger partial charge in [-0.3, -0.25) is 0 Å². The minimum atomic E-state index is -0.227. The molecule has 1 heterocycles. The van der Waals surface area contributed by atoms with E-state index >= 15 is 0 Å². The quantitative estimate of drug-likeness (QED) is 0.804. The number of ether oxygens (including phenoxy) is 1. The van der Waals surface area contributed by atoms with Gasteiger partial charge in [0, 0.05) is 11.4 Å². The summed E-state index contributed by atoms with van der Waals surface area (Å²) < 4.78 is 5.04. The Bertz CT molecular complexity index is 358. The lowest BCUT2D eigenvalue weighted by molar-refractivity contribution is 0.0527. The number of hydrogen-bond donors (Lipinski definition) is 1. The van der Waals surface area contributed by atoms with Crippen LogP contribution in [0.4, 0.5) is 5.00 Å². The molecule has 15 heavy (non-hydrogen) atoms. The van der Waals surface area contributed by atoms with Crippen LogP contribution in [-0.2, 0) is 4.74 Å². The SMILES string of the molecule is CCNc1sc(C)c(C)c1C(=O)OCC. The minimum Gasteiger partial charge on any atom is -0.462 e. The second kappa shape index (κ2) is 5.16. The number of aryl methyl sites for hydroxylation is 1. The highest BCUT2D eigenvalue weighted by Crippen LogP contribution is 2.32. The van der Waals surface area contributed by atoms with Crippen LogP contribution in [0.1, 0.15) is 34.6 Å². The van der Waals surface area contributed by atoms with Gasteiger partial charge in [0.2, 0.25) is 0 Å². The molecule has 1 rings (SSSR count). The lowest BCUT2D eigenvalue weighted by Gasteiger charge is -2.05. The number of anilines is 1. The summed E-state index contributed by atoms with van der Waals surface area (Å²) in [5.74, 6) is -0.227. The molecule has 4 heteroatoms. The Hall–Kier alpha value is -1.03. The highest BCUT2D eigenvalue weighted by Gasteiger charge is 2.19. The van der Waals surface area contributed by atoms with Crippen LogP contribution in [0, 0.1) is 13.8 Å². The van der Waals surface area contributed by atoms with Crippen LogP contribution in [0.2, 0.25) is 0 Å². The zero-order chi connectivity index (χ0) is 11.4. The van der Waals surface area contributed by atoms with Crippen LogP contribution in [-0.4, -0.2) is 19.1 Å². The van der Waals surface area contributed by atoms with E-state index in [-0.39, 0.29) is 5.97 Å². The summed E-state index contributed by atoms with van der Waals surface area (Å²) in [5.41, 5.74) is 1.72. The van der Waals surface area contributed by atoms with E-state index in [0.29, 0.717) is 12.2 Å². The Kier molecular flexibility index (Phi) is 4.15. The van der Waals surface area contributed by atoms with Crippen molar-refractivity contribution >= 4 is 22.3 Å². The topological polar surface area (TPSA) is 38.3 Å². The molecule has 0 unspecified atom stereocenters. The standard InChI is InChI=1S/C11H17NO2S/c1-5-12-10-9(11(13)14-6-2)7(3)8(4)15-10/h12H,5-6H2,1-4H3. The van der Waals surface area contributed by atoms with Gasteiger partial charge in [-0.25, -0.2) is 4.79 Å². The maximum Gasteiger partial charge on any atom is 0.341 e. The number of rotatable bonds is 4. The lowest BCUT2D eigenvalue weighted by atomic mass is 10.1. The van der Waals surface area contributed by atoms with Gasteiger partial charge in [-0.1, -0.05) is 0 Å². The number of nitrogens with one attached hydrogen (secondary N) is 1. The van der Waals surface area contributed by atoms with Gasteiger partial charge in [-0.2, -0.15) is 0 Å². The molecule has 0 aliphatic rings. The van der Waals surface area contributed by atoms with Crippen molar-refractivity contribution in [1.29, 1.82) is 0 Å². The zero-order valence-electron chi connectivity index (χ0n) is 9.64. The second-order valence-corrected chi connectivity index (χ2v) is 4.46. The van der Waals surface area contributed by atoms with Crippen LogP contribution in [0.15, 0.2) is 0 Å². The summed E-state index contributed by atoms with van der Waals surface area (Å²) in [6, 6.07) is 0. The number of hydrogen-bond acceptors (Lipinski definition) is 4. The Morgan fingerprint density at radius 2 is 2.07 bits per heavy atom. The predicted molar refractivity (Wildman–Crippen MR) is 63.9 cm³/mol. The van der Waals surface area contributed by atoms with Crippen molar-refractivity contribution in [2.45, 2.75) is 27.7 Å². The molecule has 0 radical (unpaired) electrons. The average Bonchev–Trinajstić information content (AvgIpc) is 2.44. The highest BCUT2D eigenvalue weighted by atomic mass is 32.1. The van der Waals surface area contributed by atoms with Gasteiger partial charge in [0.05, 0.1) is 12.2 Å². The number of carbonyl (C=O) groups excluding carboxylic acids is 1. The molecule has 1 aromatic rings. The van der Waals surface area contributed by atoms with Gasteiger partial charge in [-0.15, -0.1) is 11.3 Å². The Balaban J connectivity index is 3.07. The molecule has 84 valence electrons. The fraction of sp³-hybridized carbons (Fsp3) is 0.545. The molecule has 0 aliphatic carbocycles. The summed E-state index contributed by atoms with van der Waals surface area (Å²) in [7, 11) is 0. The van der Waals surface area contributed by atoms with Crippen molar-refractivity contribution in [3.63, 3.8) is 0 Å². The summed E-state index contributed by atoms with van der Waals surface area (Å²) >= 11 is 1.61. The van der Waals surface area contributed by atoms with Gasteiger partial charge < -0.3 is 10.1 Å². The van der Waals surface area contributed by atoms with Gasteiger partial charge in [0.15, 0.2) is 0 Å². The first-order valence-electron chi connectivity index (χ1n) is 5.12. The molecule has 0 spiro atoms. The van der Waals surface area contributed by atoms with Crippen LogP contribution in [0.5, 0.6) is 0 Å². The molecule has 0 saturated heterocycles. The maximum absolute atomic E-state index is 11.7. The van der Waals surface area contributed by atoms with Crippen LogP contribution < -0.4 is 5.32 Å². The highest BCUT2D eigenvalue weighted by molar-refractivity contribution is 7.16. The van der Waals surface area contributed by atoms with Gasteiger partial charge in [0.1, 0.15) is 5.00 Å². The minimum absolute atomic E-state index is 0.227. The molecule has 0 amide bonds. The number of esters is 1. The molecule has 1 aromatic heterocycles. The largest absolute Gasteiger partial charge is 0.462 e. The summed E-state index contributed by atoms with van der Waals surface area (Å²) in [5, 5.41) is 4.12. The van der Waals surface area contributed by atoms with E-state index in [4.69, 9.17) is 4.74 Å². The molecule has 0 fully saturated rings. The Morgan fingerprint density at radius 3 is 2.60 bits per heavy atom. The van der Waals surface area contributed by atoms with E-state index in [1.54, 1.807) is 11.3 Å². The fourth-order valence-corrected chi connectivity index (χ4v) is 2.48. The van der Waals surface area contributed by atoms with Crippen molar-refractivity contribution in [2.75, 3.05) is 18.5 Å². The summed E-state index contributed by atoms with van der Waals surface area (Å²) in [4.78, 5) is 12.9. The molecule has 3 nitrogen and oxygen atoms in total. The van der Waals surface area contributed by atoms with Crippen molar-refractivity contribution in [3.8, 4) is 0 Å². The number of thiophene rings is 1. The van der Waals surface area contributed by atoms with E-state index in [1.165, 1.54) is 0 Å². The second-order valence-electron chi connectivity index (χ2n) is 3.24. The fourth-order valence-electron chi connectivity index (χ4n) is 1.36. The first-order chi connectivity index (χ1) is 7.11. The molecule has 0 aromatic carbocycles. The van der Waals surface area contributed by atoms with Gasteiger partial charge in [-0.05, 0) is 33.3 Å². The van der Waals surface area contributed by atoms with Crippen molar-refractivity contribution < 1.29 is 9.53 Å².